The van der Waals surface area contributed by atoms with Crippen LogP contribution in [0.2, 0.25) is 0 Å². The molecule has 0 fully saturated rings. The second-order valence-corrected chi connectivity index (χ2v) is 21.4. The molecule has 400 valence electrons. The summed E-state index contributed by atoms with van der Waals surface area (Å²) in [4.78, 5) is 23.1. The standard InChI is InChI=1S/C60H108NO7P/c1-6-8-10-12-14-16-18-20-22-24-26-28-30-32-34-36-38-40-42-44-46-48-50-52-55-65-57-59(58-67-69(63,64)66-56-54-61(3,4)5)68-60(62)53-51-49-47-45-43-41-39-37-35-33-31-29-27-25-23-21-19-17-15-13-11-9-7-2/h9,11,15,17-18,20-21,23-24,26-27,29-30,32,59H,6-8,10,12-14,16,19,22,25,28,31,33-58H2,1-5H3/p+1/b11-9-,17-15-,20-18-,23-21-,26-24-,29-27-,32-30-. The van der Waals surface area contributed by atoms with E-state index in [4.69, 9.17) is 18.5 Å². The zero-order chi connectivity index (χ0) is 50.5. The van der Waals surface area contributed by atoms with Gasteiger partial charge in [-0.2, -0.15) is 0 Å². The lowest BCUT2D eigenvalue weighted by Gasteiger charge is -2.24. The van der Waals surface area contributed by atoms with Gasteiger partial charge in [0.05, 0.1) is 34.4 Å². The maximum absolute atomic E-state index is 12.8. The van der Waals surface area contributed by atoms with Crippen molar-refractivity contribution in [2.45, 2.75) is 238 Å². The summed E-state index contributed by atoms with van der Waals surface area (Å²) in [5, 5.41) is 0. The van der Waals surface area contributed by atoms with Gasteiger partial charge in [0.1, 0.15) is 19.3 Å². The summed E-state index contributed by atoms with van der Waals surface area (Å²) < 4.78 is 35.2. The number of hydrogen-bond acceptors (Lipinski definition) is 6. The summed E-state index contributed by atoms with van der Waals surface area (Å²) in [5.41, 5.74) is 0. The fourth-order valence-corrected chi connectivity index (χ4v) is 8.35. The lowest BCUT2D eigenvalue weighted by Crippen LogP contribution is -2.37. The van der Waals surface area contributed by atoms with Gasteiger partial charge in [0, 0.05) is 13.0 Å². The third-order valence-electron chi connectivity index (χ3n) is 11.9. The molecule has 9 heteroatoms. The molecule has 2 atom stereocenters. The quantitative estimate of drug-likeness (QED) is 0.0213. The number of esters is 1. The number of unbranched alkanes of at least 4 members (excludes halogenated alkanes) is 24. The van der Waals surface area contributed by atoms with Crippen molar-refractivity contribution in [1.82, 2.24) is 0 Å². The van der Waals surface area contributed by atoms with Gasteiger partial charge in [-0.3, -0.25) is 13.8 Å². The third-order valence-corrected chi connectivity index (χ3v) is 12.9. The van der Waals surface area contributed by atoms with Gasteiger partial charge in [0.25, 0.3) is 0 Å². The second-order valence-electron chi connectivity index (χ2n) is 19.9. The van der Waals surface area contributed by atoms with Crippen LogP contribution in [-0.2, 0) is 27.9 Å². The smallest absolute Gasteiger partial charge is 0.457 e. The van der Waals surface area contributed by atoms with Crippen molar-refractivity contribution in [3.05, 3.63) is 85.1 Å². The number of ether oxygens (including phenoxy) is 2. The van der Waals surface area contributed by atoms with E-state index in [2.05, 4.69) is 98.9 Å². The predicted octanol–water partition coefficient (Wildman–Crippen LogP) is 18.0. The molecule has 0 aromatic heterocycles. The van der Waals surface area contributed by atoms with E-state index in [0.717, 1.165) is 70.6 Å². The van der Waals surface area contributed by atoms with Crippen molar-refractivity contribution in [2.24, 2.45) is 0 Å². The molecule has 0 saturated heterocycles. The SMILES string of the molecule is CC/C=C\C/C=C\C/C=C\C/C=C\CCCCCCCCCCCCC(=O)OC(COCCCCCCCCCCC/C=C\C/C=C\C/C=C\CCCCCCC)COP(=O)(O)OCC[N+](C)(C)C. The lowest BCUT2D eigenvalue weighted by atomic mass is 10.0. The van der Waals surface area contributed by atoms with E-state index in [1.54, 1.807) is 0 Å². The molecular formula is C60H109NO7P+. The highest BCUT2D eigenvalue weighted by Crippen LogP contribution is 2.43. The summed E-state index contributed by atoms with van der Waals surface area (Å²) in [6.45, 7) is 5.49. The zero-order valence-corrected chi connectivity index (χ0v) is 46.4. The number of rotatable bonds is 52. The molecule has 1 N–H and O–H groups in total. The number of likely N-dealkylation sites (N-methyl/N-ethyl adjacent to an activating group) is 1. The van der Waals surface area contributed by atoms with Crippen molar-refractivity contribution in [3.63, 3.8) is 0 Å². The highest BCUT2D eigenvalue weighted by molar-refractivity contribution is 7.47. The van der Waals surface area contributed by atoms with E-state index >= 15 is 0 Å². The van der Waals surface area contributed by atoms with Gasteiger partial charge in [-0.05, 0) is 89.9 Å². The van der Waals surface area contributed by atoms with Crippen molar-refractivity contribution < 1.29 is 37.3 Å². The van der Waals surface area contributed by atoms with Crippen LogP contribution in [0, 0.1) is 0 Å². The summed E-state index contributed by atoms with van der Waals surface area (Å²) in [7, 11) is 1.65. The van der Waals surface area contributed by atoms with Gasteiger partial charge in [-0.1, -0.05) is 221 Å². The first-order valence-corrected chi connectivity index (χ1v) is 29.8. The van der Waals surface area contributed by atoms with Crippen LogP contribution in [0.25, 0.3) is 0 Å². The summed E-state index contributed by atoms with van der Waals surface area (Å²) >= 11 is 0. The average Bonchev–Trinajstić information content (AvgIpc) is 3.31. The minimum Gasteiger partial charge on any atom is -0.457 e. The van der Waals surface area contributed by atoms with E-state index in [1.165, 1.54) is 141 Å². The summed E-state index contributed by atoms with van der Waals surface area (Å²) in [6.07, 6.45) is 70.7. The Hall–Kier alpha value is -2.32. The lowest BCUT2D eigenvalue weighted by molar-refractivity contribution is -0.870. The van der Waals surface area contributed by atoms with E-state index in [-0.39, 0.29) is 25.8 Å². The molecule has 0 aromatic carbocycles. The Kier molecular flexibility index (Phi) is 50.3. The molecule has 0 aliphatic rings. The minimum atomic E-state index is -4.29. The summed E-state index contributed by atoms with van der Waals surface area (Å²) in [5.74, 6) is -0.321. The van der Waals surface area contributed by atoms with Crippen molar-refractivity contribution in [2.75, 3.05) is 54.1 Å². The van der Waals surface area contributed by atoms with E-state index in [1.807, 2.05) is 21.1 Å². The first-order chi connectivity index (χ1) is 33.6. The Labute approximate surface area is 426 Å². The van der Waals surface area contributed by atoms with E-state index in [9.17, 15) is 14.3 Å². The molecule has 2 unspecified atom stereocenters. The number of nitrogens with zero attached hydrogens (tertiary/aromatic N) is 1. The number of phosphoric acid groups is 1. The van der Waals surface area contributed by atoms with Crippen LogP contribution in [0.5, 0.6) is 0 Å². The third kappa shape index (κ3) is 56.5. The Balaban J connectivity index is 4.13. The summed E-state index contributed by atoms with van der Waals surface area (Å²) in [6, 6.07) is 0. The second kappa shape index (κ2) is 52.0. The molecule has 0 rings (SSSR count). The molecule has 0 bridgehead atoms. The van der Waals surface area contributed by atoms with Crippen LogP contribution in [0.3, 0.4) is 0 Å². The molecule has 0 aliphatic heterocycles. The van der Waals surface area contributed by atoms with Crippen molar-refractivity contribution in [1.29, 1.82) is 0 Å². The van der Waals surface area contributed by atoms with Gasteiger partial charge in [0.2, 0.25) is 0 Å². The molecule has 0 amide bonds. The first-order valence-electron chi connectivity index (χ1n) is 28.3. The maximum Gasteiger partial charge on any atom is 0.472 e. The number of hydrogen-bond donors (Lipinski definition) is 1. The highest BCUT2D eigenvalue weighted by atomic mass is 31.2. The first kappa shape index (κ1) is 66.7. The topological polar surface area (TPSA) is 91.3 Å². The van der Waals surface area contributed by atoms with E-state index < -0.39 is 13.9 Å². The van der Waals surface area contributed by atoms with E-state index in [0.29, 0.717) is 24.1 Å². The maximum atomic E-state index is 12.8. The largest absolute Gasteiger partial charge is 0.472 e. The Morgan fingerprint density at radius 2 is 0.841 bits per heavy atom. The zero-order valence-electron chi connectivity index (χ0n) is 45.5. The van der Waals surface area contributed by atoms with Gasteiger partial charge >= 0.3 is 13.8 Å². The average molecular weight is 988 g/mol. The van der Waals surface area contributed by atoms with Crippen molar-refractivity contribution >= 4 is 13.8 Å². The molecule has 0 spiro atoms. The van der Waals surface area contributed by atoms with Crippen molar-refractivity contribution in [3.8, 4) is 0 Å². The normalized spacial score (nSPS) is 14.1. The number of allylic oxidation sites excluding steroid dienone is 14. The molecule has 0 aromatic rings. The molecule has 0 heterocycles. The van der Waals surface area contributed by atoms with Crippen LogP contribution in [-0.4, -0.2) is 75.6 Å². The number of quaternary nitrogens is 1. The monoisotopic (exact) mass is 987 g/mol. The molecule has 0 aliphatic carbocycles. The van der Waals surface area contributed by atoms with Crippen LogP contribution in [0.1, 0.15) is 232 Å². The Morgan fingerprint density at radius 1 is 0.464 bits per heavy atom. The van der Waals surface area contributed by atoms with Crippen LogP contribution < -0.4 is 0 Å². The fourth-order valence-electron chi connectivity index (χ4n) is 7.61. The van der Waals surface area contributed by atoms with Gasteiger partial charge in [-0.15, -0.1) is 0 Å². The Morgan fingerprint density at radius 3 is 1.26 bits per heavy atom. The van der Waals surface area contributed by atoms with Gasteiger partial charge < -0.3 is 18.9 Å². The fraction of sp³-hybridized carbons (Fsp3) is 0.750. The minimum absolute atomic E-state index is 0.0827. The highest BCUT2D eigenvalue weighted by Gasteiger charge is 2.26. The van der Waals surface area contributed by atoms with Crippen LogP contribution in [0.15, 0.2) is 85.1 Å². The number of carbonyl (C=O) groups excluding carboxylic acids is 1. The number of phosphoric ester groups is 1. The molecule has 8 nitrogen and oxygen atoms in total. The van der Waals surface area contributed by atoms with Crippen LogP contribution in [0.4, 0.5) is 0 Å². The molecular weight excluding hydrogens is 878 g/mol. The molecule has 69 heavy (non-hydrogen) atoms. The van der Waals surface area contributed by atoms with Gasteiger partial charge in [0.15, 0.2) is 0 Å². The predicted molar refractivity (Wildman–Crippen MR) is 298 cm³/mol. The number of carbonyl (C=O) groups is 1. The Bertz CT molecular complexity index is 1380. The van der Waals surface area contributed by atoms with Crippen LogP contribution >= 0.6 is 7.82 Å². The molecule has 0 radical (unpaired) electrons. The molecule has 0 saturated carbocycles. The van der Waals surface area contributed by atoms with Gasteiger partial charge in [-0.25, -0.2) is 4.57 Å².